The van der Waals surface area contributed by atoms with Gasteiger partial charge in [-0.3, -0.25) is 5.10 Å². The van der Waals surface area contributed by atoms with Gasteiger partial charge >= 0.3 is 0 Å². The zero-order valence-corrected chi connectivity index (χ0v) is 14.3. The first-order chi connectivity index (χ1) is 11.1. The van der Waals surface area contributed by atoms with Gasteiger partial charge in [0, 0.05) is 30.6 Å². The highest BCUT2D eigenvalue weighted by atomic mass is 16.5. The van der Waals surface area contributed by atoms with Crippen LogP contribution in [0.1, 0.15) is 45.3 Å². The molecule has 2 aromatic rings. The molecule has 1 aromatic carbocycles. The van der Waals surface area contributed by atoms with Crippen molar-refractivity contribution in [2.75, 3.05) is 25.1 Å². The van der Waals surface area contributed by atoms with Crippen LogP contribution in [-0.2, 0) is 6.42 Å². The van der Waals surface area contributed by atoms with Gasteiger partial charge in [-0.1, -0.05) is 13.8 Å². The lowest BCUT2D eigenvalue weighted by molar-refractivity contribution is 0.288. The van der Waals surface area contributed by atoms with E-state index in [1.165, 1.54) is 0 Å². The van der Waals surface area contributed by atoms with E-state index in [-0.39, 0.29) is 0 Å². The number of aromatic nitrogens is 3. The summed E-state index contributed by atoms with van der Waals surface area (Å²) >= 11 is 0. The van der Waals surface area contributed by atoms with Gasteiger partial charge in [-0.25, -0.2) is 4.98 Å². The summed E-state index contributed by atoms with van der Waals surface area (Å²) in [5, 5.41) is 10.6. The second-order valence-corrected chi connectivity index (χ2v) is 5.50. The van der Waals surface area contributed by atoms with Gasteiger partial charge in [-0.05, 0) is 26.0 Å². The standard InChI is InChI=1S/C17H26N4O2/c1-5-22-14-8-7-13(11-15(14)23-6-2)18-10-9-16-19-17(12(3)4)21-20-16/h7-8,11-12,18H,5-6,9-10H2,1-4H3,(H,19,20,21). The smallest absolute Gasteiger partial charge is 0.163 e. The Kier molecular flexibility index (Phi) is 6.26. The molecule has 0 bridgehead atoms. The number of rotatable bonds is 9. The van der Waals surface area contributed by atoms with Crippen molar-refractivity contribution in [1.29, 1.82) is 0 Å². The molecule has 0 aliphatic heterocycles. The molecule has 0 fully saturated rings. The molecule has 0 atom stereocenters. The number of ether oxygens (including phenoxy) is 2. The first-order valence-electron chi connectivity index (χ1n) is 8.18. The lowest BCUT2D eigenvalue weighted by Gasteiger charge is -2.13. The fourth-order valence-electron chi connectivity index (χ4n) is 2.17. The fourth-order valence-corrected chi connectivity index (χ4v) is 2.17. The lowest BCUT2D eigenvalue weighted by Crippen LogP contribution is -2.07. The van der Waals surface area contributed by atoms with Crippen molar-refractivity contribution < 1.29 is 9.47 Å². The average Bonchev–Trinajstić information content (AvgIpc) is 2.99. The second-order valence-electron chi connectivity index (χ2n) is 5.50. The summed E-state index contributed by atoms with van der Waals surface area (Å²) in [6.45, 7) is 10.1. The number of anilines is 1. The van der Waals surface area contributed by atoms with Crippen molar-refractivity contribution in [1.82, 2.24) is 15.2 Å². The maximum absolute atomic E-state index is 5.63. The minimum atomic E-state index is 0.341. The molecule has 1 heterocycles. The largest absolute Gasteiger partial charge is 0.490 e. The van der Waals surface area contributed by atoms with Crippen molar-refractivity contribution >= 4 is 5.69 Å². The minimum absolute atomic E-state index is 0.341. The number of H-pyrrole nitrogens is 1. The molecule has 6 heteroatoms. The van der Waals surface area contributed by atoms with Crippen molar-refractivity contribution in [3.63, 3.8) is 0 Å². The molecule has 0 saturated heterocycles. The van der Waals surface area contributed by atoms with Gasteiger partial charge < -0.3 is 14.8 Å². The summed E-state index contributed by atoms with van der Waals surface area (Å²) in [5.74, 6) is 3.64. The molecule has 0 saturated carbocycles. The lowest BCUT2D eigenvalue weighted by atomic mass is 10.2. The van der Waals surface area contributed by atoms with E-state index >= 15 is 0 Å². The second kappa shape index (κ2) is 8.41. The number of nitrogens with one attached hydrogen (secondary N) is 2. The maximum Gasteiger partial charge on any atom is 0.163 e. The van der Waals surface area contributed by atoms with E-state index in [0.717, 1.165) is 41.8 Å². The molecule has 6 nitrogen and oxygen atoms in total. The normalized spacial score (nSPS) is 10.8. The van der Waals surface area contributed by atoms with Gasteiger partial charge in [-0.15, -0.1) is 0 Å². The number of hydrogen-bond acceptors (Lipinski definition) is 5. The molecule has 0 amide bonds. The van der Waals surface area contributed by atoms with E-state index in [4.69, 9.17) is 9.47 Å². The Morgan fingerprint density at radius 3 is 2.52 bits per heavy atom. The molecule has 126 valence electrons. The quantitative estimate of drug-likeness (QED) is 0.741. The molecule has 0 radical (unpaired) electrons. The molecule has 2 rings (SSSR count). The fraction of sp³-hybridized carbons (Fsp3) is 0.529. The Labute approximate surface area is 137 Å². The summed E-state index contributed by atoms with van der Waals surface area (Å²) in [4.78, 5) is 4.48. The van der Waals surface area contributed by atoms with E-state index in [1.807, 2.05) is 32.0 Å². The van der Waals surface area contributed by atoms with Crippen LogP contribution in [0.5, 0.6) is 11.5 Å². The van der Waals surface area contributed by atoms with Crippen LogP contribution in [0, 0.1) is 0 Å². The van der Waals surface area contributed by atoms with Crippen molar-refractivity contribution in [2.24, 2.45) is 0 Å². The molecule has 0 aliphatic carbocycles. The predicted molar refractivity (Wildman–Crippen MR) is 91.4 cm³/mol. The Balaban J connectivity index is 1.92. The predicted octanol–water partition coefficient (Wildman–Crippen LogP) is 3.38. The molecule has 23 heavy (non-hydrogen) atoms. The van der Waals surface area contributed by atoms with Crippen molar-refractivity contribution in [3.05, 3.63) is 29.8 Å². The topological polar surface area (TPSA) is 72.1 Å². The summed E-state index contributed by atoms with van der Waals surface area (Å²) in [5.41, 5.74) is 1.00. The summed E-state index contributed by atoms with van der Waals surface area (Å²) in [7, 11) is 0. The molecule has 2 N–H and O–H groups in total. The van der Waals surface area contributed by atoms with Crippen LogP contribution in [0.25, 0.3) is 0 Å². The van der Waals surface area contributed by atoms with Crippen LogP contribution in [0.3, 0.4) is 0 Å². The third-order valence-corrected chi connectivity index (χ3v) is 3.30. The van der Waals surface area contributed by atoms with Crippen LogP contribution in [-0.4, -0.2) is 34.9 Å². The molecular formula is C17H26N4O2. The van der Waals surface area contributed by atoms with E-state index < -0.39 is 0 Å². The highest BCUT2D eigenvalue weighted by molar-refractivity contribution is 5.54. The highest BCUT2D eigenvalue weighted by Crippen LogP contribution is 2.30. The molecular weight excluding hydrogens is 292 g/mol. The van der Waals surface area contributed by atoms with E-state index in [2.05, 4.69) is 34.3 Å². The van der Waals surface area contributed by atoms with Gasteiger partial charge in [0.2, 0.25) is 0 Å². The molecule has 1 aromatic heterocycles. The highest BCUT2D eigenvalue weighted by Gasteiger charge is 2.08. The zero-order chi connectivity index (χ0) is 16.7. The first kappa shape index (κ1) is 17.1. The van der Waals surface area contributed by atoms with Crippen molar-refractivity contribution in [2.45, 2.75) is 40.0 Å². The summed E-state index contributed by atoms with van der Waals surface area (Å²) < 4.78 is 11.2. The third-order valence-electron chi connectivity index (χ3n) is 3.30. The Morgan fingerprint density at radius 1 is 1.13 bits per heavy atom. The number of hydrogen-bond donors (Lipinski definition) is 2. The number of aromatic amines is 1. The monoisotopic (exact) mass is 318 g/mol. The van der Waals surface area contributed by atoms with Gasteiger partial charge in [0.1, 0.15) is 5.82 Å². The van der Waals surface area contributed by atoms with Gasteiger partial charge in [0.05, 0.1) is 13.2 Å². The first-order valence-corrected chi connectivity index (χ1v) is 8.18. The van der Waals surface area contributed by atoms with E-state index in [1.54, 1.807) is 0 Å². The van der Waals surface area contributed by atoms with E-state index in [9.17, 15) is 0 Å². The van der Waals surface area contributed by atoms with Crippen LogP contribution in [0.4, 0.5) is 5.69 Å². The molecule has 0 unspecified atom stereocenters. The van der Waals surface area contributed by atoms with Crippen LogP contribution in [0.2, 0.25) is 0 Å². The van der Waals surface area contributed by atoms with Gasteiger partial charge in [0.15, 0.2) is 17.3 Å². The minimum Gasteiger partial charge on any atom is -0.490 e. The SMILES string of the molecule is CCOc1ccc(NCCc2nc(C(C)C)n[nH]2)cc1OCC. The number of nitrogens with zero attached hydrogens (tertiary/aromatic N) is 2. The third kappa shape index (κ3) is 4.87. The van der Waals surface area contributed by atoms with E-state index in [0.29, 0.717) is 19.1 Å². The number of benzene rings is 1. The Hall–Kier alpha value is -2.24. The van der Waals surface area contributed by atoms with Crippen molar-refractivity contribution in [3.8, 4) is 11.5 Å². The van der Waals surface area contributed by atoms with Crippen LogP contribution < -0.4 is 14.8 Å². The van der Waals surface area contributed by atoms with Crippen LogP contribution >= 0.6 is 0 Å². The van der Waals surface area contributed by atoms with Crippen LogP contribution in [0.15, 0.2) is 18.2 Å². The summed E-state index contributed by atoms with van der Waals surface area (Å²) in [6.07, 6.45) is 0.789. The molecule has 0 spiro atoms. The average molecular weight is 318 g/mol. The van der Waals surface area contributed by atoms with Gasteiger partial charge in [0.25, 0.3) is 0 Å². The summed E-state index contributed by atoms with van der Waals surface area (Å²) in [6, 6.07) is 5.89. The zero-order valence-electron chi connectivity index (χ0n) is 14.3. The Morgan fingerprint density at radius 2 is 1.87 bits per heavy atom. The van der Waals surface area contributed by atoms with Gasteiger partial charge in [-0.2, -0.15) is 5.10 Å². The Bertz CT molecular complexity index is 610. The maximum atomic E-state index is 5.63. The molecule has 0 aliphatic rings.